The fourth-order valence-corrected chi connectivity index (χ4v) is 2.55. The Morgan fingerprint density at radius 3 is 2.47 bits per heavy atom. The van der Waals surface area contributed by atoms with E-state index in [1.165, 1.54) is 4.90 Å². The zero-order valence-corrected chi connectivity index (χ0v) is 12.5. The van der Waals surface area contributed by atoms with Crippen LogP contribution in [-0.4, -0.2) is 52.1 Å². The third-order valence-electron chi connectivity index (χ3n) is 3.59. The molecule has 1 N–H and O–H groups in total. The summed E-state index contributed by atoms with van der Waals surface area (Å²) < 4.78 is 0. The lowest BCUT2D eigenvalue weighted by molar-refractivity contribution is -0.138. The van der Waals surface area contributed by atoms with Gasteiger partial charge >= 0.3 is 12.0 Å². The molecule has 0 saturated carbocycles. The van der Waals surface area contributed by atoms with E-state index in [4.69, 9.17) is 5.11 Å². The lowest BCUT2D eigenvalue weighted by Crippen LogP contribution is -2.53. The number of carboxylic acids is 1. The number of likely N-dealkylation sites (tertiary alicyclic amines) is 1. The third-order valence-corrected chi connectivity index (χ3v) is 3.59. The smallest absolute Gasteiger partial charge is 0.323 e. The molecule has 1 rings (SSSR count). The zero-order chi connectivity index (χ0) is 14.6. The first-order valence-electron chi connectivity index (χ1n) is 7.04. The van der Waals surface area contributed by atoms with Crippen LogP contribution in [0.15, 0.2) is 0 Å². The second-order valence-corrected chi connectivity index (χ2v) is 6.32. The molecule has 0 radical (unpaired) electrons. The van der Waals surface area contributed by atoms with Crippen molar-refractivity contribution in [2.75, 3.05) is 19.6 Å². The molecule has 110 valence electrons. The Labute approximate surface area is 115 Å². The fraction of sp³-hybridized carbons (Fsp3) is 0.857. The summed E-state index contributed by atoms with van der Waals surface area (Å²) in [6.45, 7) is 9.02. The van der Waals surface area contributed by atoms with Gasteiger partial charge in [0.15, 0.2) is 0 Å². The normalized spacial score (nSPS) is 19.6. The van der Waals surface area contributed by atoms with Gasteiger partial charge in [0.1, 0.15) is 6.54 Å². The van der Waals surface area contributed by atoms with Gasteiger partial charge in [-0.3, -0.25) is 4.79 Å². The number of hydrogen-bond acceptors (Lipinski definition) is 2. The van der Waals surface area contributed by atoms with Gasteiger partial charge in [-0.25, -0.2) is 4.79 Å². The average molecular weight is 270 g/mol. The molecule has 1 saturated heterocycles. The summed E-state index contributed by atoms with van der Waals surface area (Å²) in [4.78, 5) is 26.6. The van der Waals surface area contributed by atoms with Crippen LogP contribution >= 0.6 is 0 Å². The monoisotopic (exact) mass is 270 g/mol. The van der Waals surface area contributed by atoms with Gasteiger partial charge in [0.05, 0.1) is 0 Å². The highest BCUT2D eigenvalue weighted by atomic mass is 16.4. The van der Waals surface area contributed by atoms with Crippen molar-refractivity contribution in [1.82, 2.24) is 9.80 Å². The Balaban J connectivity index is 2.70. The summed E-state index contributed by atoms with van der Waals surface area (Å²) in [7, 11) is 0. The summed E-state index contributed by atoms with van der Waals surface area (Å²) in [6.07, 6.45) is 3.30. The molecule has 5 heteroatoms. The molecule has 1 heterocycles. The Morgan fingerprint density at radius 1 is 1.37 bits per heavy atom. The van der Waals surface area contributed by atoms with Crippen molar-refractivity contribution in [3.8, 4) is 0 Å². The Kier molecular flexibility index (Phi) is 5.20. The van der Waals surface area contributed by atoms with E-state index in [-0.39, 0.29) is 12.6 Å². The van der Waals surface area contributed by atoms with Crippen LogP contribution in [0, 0.1) is 5.92 Å². The van der Waals surface area contributed by atoms with Gasteiger partial charge in [-0.2, -0.15) is 0 Å². The summed E-state index contributed by atoms with van der Waals surface area (Å²) in [5.74, 6) is -0.395. The molecule has 5 nitrogen and oxygen atoms in total. The highest BCUT2D eigenvalue weighted by Gasteiger charge is 2.34. The van der Waals surface area contributed by atoms with Crippen molar-refractivity contribution in [2.24, 2.45) is 5.92 Å². The SMILES string of the molecule is CCCC1CCN(C(=O)N(CC(=O)O)C(C)(C)C)C1. The molecule has 1 aliphatic rings. The first-order valence-corrected chi connectivity index (χ1v) is 7.04. The molecular formula is C14H26N2O3. The van der Waals surface area contributed by atoms with E-state index in [0.717, 1.165) is 32.4 Å². The maximum absolute atomic E-state index is 12.5. The molecule has 2 amide bonds. The number of amides is 2. The first-order chi connectivity index (χ1) is 8.75. The average Bonchev–Trinajstić information content (AvgIpc) is 2.72. The van der Waals surface area contributed by atoms with E-state index >= 15 is 0 Å². The number of carbonyl (C=O) groups is 2. The Bertz CT molecular complexity index is 336. The van der Waals surface area contributed by atoms with Gasteiger partial charge in [-0.1, -0.05) is 13.3 Å². The molecule has 1 unspecified atom stereocenters. The maximum Gasteiger partial charge on any atom is 0.323 e. The van der Waals surface area contributed by atoms with Gasteiger partial charge in [-0.15, -0.1) is 0 Å². The van der Waals surface area contributed by atoms with Crippen molar-refractivity contribution in [3.63, 3.8) is 0 Å². The van der Waals surface area contributed by atoms with Crippen molar-refractivity contribution < 1.29 is 14.7 Å². The first kappa shape index (κ1) is 15.8. The number of aliphatic carboxylic acids is 1. The summed E-state index contributed by atoms with van der Waals surface area (Å²) in [5.41, 5.74) is -0.474. The fourth-order valence-electron chi connectivity index (χ4n) is 2.55. The van der Waals surface area contributed by atoms with Crippen LogP contribution in [0.5, 0.6) is 0 Å². The summed E-state index contributed by atoms with van der Waals surface area (Å²) in [6, 6.07) is -0.145. The molecule has 19 heavy (non-hydrogen) atoms. The lowest BCUT2D eigenvalue weighted by atomic mass is 10.0. The molecule has 0 spiro atoms. The number of rotatable bonds is 4. The predicted molar refractivity (Wildman–Crippen MR) is 74.1 cm³/mol. The van der Waals surface area contributed by atoms with Gasteiger partial charge in [-0.05, 0) is 39.5 Å². The second-order valence-electron chi connectivity index (χ2n) is 6.32. The highest BCUT2D eigenvalue weighted by molar-refractivity contribution is 5.81. The molecule has 0 bridgehead atoms. The van der Waals surface area contributed by atoms with E-state index < -0.39 is 11.5 Å². The molecular weight excluding hydrogens is 244 g/mol. The Morgan fingerprint density at radius 2 is 2.00 bits per heavy atom. The number of urea groups is 1. The topological polar surface area (TPSA) is 60.9 Å². The molecule has 1 fully saturated rings. The lowest BCUT2D eigenvalue weighted by Gasteiger charge is -2.37. The number of carboxylic acid groups (broad SMARTS) is 1. The molecule has 1 aliphatic heterocycles. The van der Waals surface area contributed by atoms with Crippen LogP contribution in [0.3, 0.4) is 0 Å². The van der Waals surface area contributed by atoms with Crippen LogP contribution in [-0.2, 0) is 4.79 Å². The van der Waals surface area contributed by atoms with Gasteiger partial charge in [0, 0.05) is 18.6 Å². The van der Waals surface area contributed by atoms with Crippen LogP contribution in [0.25, 0.3) is 0 Å². The van der Waals surface area contributed by atoms with Crippen LogP contribution < -0.4 is 0 Å². The van der Waals surface area contributed by atoms with Crippen molar-refractivity contribution >= 4 is 12.0 Å². The van der Waals surface area contributed by atoms with E-state index in [1.54, 1.807) is 4.90 Å². The van der Waals surface area contributed by atoms with Crippen molar-refractivity contribution in [2.45, 2.75) is 52.5 Å². The molecule has 0 aliphatic carbocycles. The van der Waals surface area contributed by atoms with E-state index in [9.17, 15) is 9.59 Å². The van der Waals surface area contributed by atoms with Gasteiger partial charge in [0.25, 0.3) is 0 Å². The van der Waals surface area contributed by atoms with Crippen LogP contribution in [0.1, 0.15) is 47.0 Å². The number of carbonyl (C=O) groups excluding carboxylic acids is 1. The third kappa shape index (κ3) is 4.40. The Hall–Kier alpha value is -1.26. The summed E-state index contributed by atoms with van der Waals surface area (Å²) >= 11 is 0. The van der Waals surface area contributed by atoms with Crippen molar-refractivity contribution in [1.29, 1.82) is 0 Å². The molecule has 1 atom stereocenters. The minimum Gasteiger partial charge on any atom is -0.480 e. The van der Waals surface area contributed by atoms with E-state index in [1.807, 2.05) is 20.8 Å². The van der Waals surface area contributed by atoms with Crippen LogP contribution in [0.4, 0.5) is 4.79 Å². The standard InChI is InChI=1S/C14H26N2O3/c1-5-6-11-7-8-15(9-11)13(19)16(10-12(17)18)14(2,3)4/h11H,5-10H2,1-4H3,(H,17,18). The zero-order valence-electron chi connectivity index (χ0n) is 12.5. The van der Waals surface area contributed by atoms with E-state index in [0.29, 0.717) is 5.92 Å². The number of nitrogens with zero attached hydrogens (tertiary/aromatic N) is 2. The highest BCUT2D eigenvalue weighted by Crippen LogP contribution is 2.24. The van der Waals surface area contributed by atoms with Gasteiger partial charge in [0.2, 0.25) is 0 Å². The van der Waals surface area contributed by atoms with E-state index in [2.05, 4.69) is 6.92 Å². The predicted octanol–water partition coefficient (Wildman–Crippen LogP) is 2.41. The molecule has 0 aromatic rings. The summed E-state index contributed by atoms with van der Waals surface area (Å²) in [5, 5.41) is 8.96. The maximum atomic E-state index is 12.5. The minimum atomic E-state index is -0.965. The quantitative estimate of drug-likeness (QED) is 0.853. The molecule has 0 aromatic carbocycles. The molecule has 0 aromatic heterocycles. The second kappa shape index (κ2) is 6.26. The van der Waals surface area contributed by atoms with Gasteiger partial charge < -0.3 is 14.9 Å². The largest absolute Gasteiger partial charge is 0.480 e. The van der Waals surface area contributed by atoms with Crippen molar-refractivity contribution in [3.05, 3.63) is 0 Å². The number of hydrogen-bond donors (Lipinski definition) is 1. The minimum absolute atomic E-state index is 0.145. The van der Waals surface area contributed by atoms with Crippen LogP contribution in [0.2, 0.25) is 0 Å².